The minimum Gasteiger partial charge on any atom is -0.481 e. The lowest BCUT2D eigenvalue weighted by molar-refractivity contribution is 0.392. The van der Waals surface area contributed by atoms with Crippen LogP contribution in [0.5, 0.6) is 5.88 Å². The van der Waals surface area contributed by atoms with Gasteiger partial charge in [-0.25, -0.2) is 4.98 Å². The molecule has 1 rings (SSSR count). The molecule has 0 aliphatic carbocycles. The van der Waals surface area contributed by atoms with Crippen LogP contribution >= 0.6 is 11.6 Å². The maximum absolute atomic E-state index is 5.73. The third-order valence-electron chi connectivity index (χ3n) is 1.70. The molecule has 0 atom stereocenters. The fourth-order valence-electron chi connectivity index (χ4n) is 1.00. The number of ether oxygens (including phenoxy) is 1. The second-order valence-electron chi connectivity index (χ2n) is 2.49. The van der Waals surface area contributed by atoms with Gasteiger partial charge in [-0.3, -0.25) is 0 Å². The van der Waals surface area contributed by atoms with E-state index in [1.807, 2.05) is 6.92 Å². The maximum atomic E-state index is 5.73. The summed E-state index contributed by atoms with van der Waals surface area (Å²) in [4.78, 5) is 8.28. The Bertz CT molecular complexity index is 326. The number of aromatic nitrogens is 2. The summed E-state index contributed by atoms with van der Waals surface area (Å²) in [5.41, 5.74) is 1.66. The Hall–Kier alpha value is -1.09. The van der Waals surface area contributed by atoms with Crippen molar-refractivity contribution in [3.05, 3.63) is 23.7 Å². The Morgan fingerprint density at radius 3 is 2.69 bits per heavy atom. The van der Waals surface area contributed by atoms with E-state index in [-0.39, 0.29) is 0 Å². The molecule has 4 heteroatoms. The SMILES string of the molecule is C=Cc1nc(C)c(CCl)c(OC)n1. The first-order valence-electron chi connectivity index (χ1n) is 3.82. The summed E-state index contributed by atoms with van der Waals surface area (Å²) >= 11 is 5.73. The van der Waals surface area contributed by atoms with Crippen LogP contribution in [-0.2, 0) is 5.88 Å². The molecule has 0 saturated heterocycles. The maximum Gasteiger partial charge on any atom is 0.221 e. The Morgan fingerprint density at radius 2 is 2.23 bits per heavy atom. The zero-order valence-corrected chi connectivity index (χ0v) is 8.43. The third-order valence-corrected chi connectivity index (χ3v) is 1.97. The molecule has 1 heterocycles. The van der Waals surface area contributed by atoms with Crippen molar-refractivity contribution < 1.29 is 4.74 Å². The Kier molecular flexibility index (Phi) is 3.25. The standard InChI is InChI=1S/C9H11ClN2O/c1-4-8-11-6(2)7(5-10)9(12-8)13-3/h4H,1,5H2,2-3H3. The van der Waals surface area contributed by atoms with E-state index in [9.17, 15) is 0 Å². The van der Waals surface area contributed by atoms with Crippen LogP contribution in [0.2, 0.25) is 0 Å². The van der Waals surface area contributed by atoms with Gasteiger partial charge in [-0.1, -0.05) is 6.58 Å². The summed E-state index contributed by atoms with van der Waals surface area (Å²) in [5, 5.41) is 0. The normalized spacial score (nSPS) is 9.77. The molecule has 0 saturated carbocycles. The molecule has 0 aliphatic heterocycles. The van der Waals surface area contributed by atoms with E-state index in [1.54, 1.807) is 13.2 Å². The summed E-state index contributed by atoms with van der Waals surface area (Å²) in [5.74, 6) is 1.44. The highest BCUT2D eigenvalue weighted by atomic mass is 35.5. The molecule has 3 nitrogen and oxygen atoms in total. The molecule has 0 amide bonds. The highest BCUT2D eigenvalue weighted by molar-refractivity contribution is 6.17. The average molecular weight is 199 g/mol. The summed E-state index contributed by atoms with van der Waals surface area (Å²) < 4.78 is 5.08. The van der Waals surface area contributed by atoms with Gasteiger partial charge in [0.15, 0.2) is 5.82 Å². The molecule has 0 aliphatic rings. The van der Waals surface area contributed by atoms with Crippen LogP contribution in [0, 0.1) is 6.92 Å². The first-order valence-corrected chi connectivity index (χ1v) is 4.36. The van der Waals surface area contributed by atoms with E-state index in [2.05, 4.69) is 16.5 Å². The van der Waals surface area contributed by atoms with Gasteiger partial charge in [0, 0.05) is 5.69 Å². The van der Waals surface area contributed by atoms with Crippen LogP contribution in [0.4, 0.5) is 0 Å². The van der Waals surface area contributed by atoms with E-state index >= 15 is 0 Å². The number of aryl methyl sites for hydroxylation is 1. The smallest absolute Gasteiger partial charge is 0.221 e. The van der Waals surface area contributed by atoms with Crippen molar-refractivity contribution in [1.29, 1.82) is 0 Å². The van der Waals surface area contributed by atoms with Gasteiger partial charge in [0.2, 0.25) is 5.88 Å². The predicted octanol–water partition coefficient (Wildman–Crippen LogP) is 2.18. The van der Waals surface area contributed by atoms with Gasteiger partial charge in [-0.2, -0.15) is 4.98 Å². The molecule has 70 valence electrons. The van der Waals surface area contributed by atoms with Crippen molar-refractivity contribution in [2.75, 3.05) is 7.11 Å². The van der Waals surface area contributed by atoms with E-state index < -0.39 is 0 Å². The van der Waals surface area contributed by atoms with Crippen molar-refractivity contribution in [2.24, 2.45) is 0 Å². The Labute approximate surface area is 82.4 Å². The van der Waals surface area contributed by atoms with Gasteiger partial charge in [-0.15, -0.1) is 11.6 Å². The van der Waals surface area contributed by atoms with E-state index in [0.29, 0.717) is 17.6 Å². The molecule has 1 aromatic heterocycles. The molecular formula is C9H11ClN2O. The Balaban J connectivity index is 3.28. The van der Waals surface area contributed by atoms with E-state index in [0.717, 1.165) is 11.3 Å². The topological polar surface area (TPSA) is 35.0 Å². The molecule has 0 fully saturated rings. The number of hydrogen-bond donors (Lipinski definition) is 0. The zero-order valence-electron chi connectivity index (χ0n) is 7.67. The second-order valence-corrected chi connectivity index (χ2v) is 2.76. The highest BCUT2D eigenvalue weighted by Crippen LogP contribution is 2.20. The number of hydrogen-bond acceptors (Lipinski definition) is 3. The van der Waals surface area contributed by atoms with Crippen LogP contribution < -0.4 is 4.74 Å². The summed E-state index contributed by atoms with van der Waals surface area (Å²) in [6.45, 7) is 5.46. The summed E-state index contributed by atoms with van der Waals surface area (Å²) in [7, 11) is 1.56. The lowest BCUT2D eigenvalue weighted by Crippen LogP contribution is -2.01. The minimum absolute atomic E-state index is 0.354. The van der Waals surface area contributed by atoms with Gasteiger partial charge in [0.1, 0.15) is 0 Å². The summed E-state index contributed by atoms with van der Waals surface area (Å²) in [6.07, 6.45) is 1.58. The quantitative estimate of drug-likeness (QED) is 0.699. The lowest BCUT2D eigenvalue weighted by Gasteiger charge is -2.07. The molecular weight excluding hydrogens is 188 g/mol. The van der Waals surface area contributed by atoms with Crippen LogP contribution in [-0.4, -0.2) is 17.1 Å². The molecule has 0 spiro atoms. The van der Waals surface area contributed by atoms with Crippen molar-refractivity contribution in [3.8, 4) is 5.88 Å². The number of halogens is 1. The fourth-order valence-corrected chi connectivity index (χ4v) is 1.31. The average Bonchev–Trinajstić information content (AvgIpc) is 2.16. The number of methoxy groups -OCH3 is 1. The minimum atomic E-state index is 0.354. The van der Waals surface area contributed by atoms with Gasteiger partial charge in [-0.05, 0) is 13.0 Å². The monoisotopic (exact) mass is 198 g/mol. The highest BCUT2D eigenvalue weighted by Gasteiger charge is 2.09. The van der Waals surface area contributed by atoms with Crippen molar-refractivity contribution >= 4 is 17.7 Å². The lowest BCUT2D eigenvalue weighted by atomic mass is 10.2. The van der Waals surface area contributed by atoms with Crippen molar-refractivity contribution in [1.82, 2.24) is 9.97 Å². The number of nitrogens with zero attached hydrogens (tertiary/aromatic N) is 2. The zero-order chi connectivity index (χ0) is 9.84. The second kappa shape index (κ2) is 4.23. The van der Waals surface area contributed by atoms with Crippen LogP contribution in [0.1, 0.15) is 17.1 Å². The van der Waals surface area contributed by atoms with Crippen molar-refractivity contribution in [3.63, 3.8) is 0 Å². The van der Waals surface area contributed by atoms with E-state index in [1.165, 1.54) is 0 Å². The molecule has 0 aromatic carbocycles. The summed E-state index contributed by atoms with van der Waals surface area (Å²) in [6, 6.07) is 0. The first kappa shape index (κ1) is 9.99. The number of rotatable bonds is 3. The van der Waals surface area contributed by atoms with E-state index in [4.69, 9.17) is 16.3 Å². The van der Waals surface area contributed by atoms with Crippen LogP contribution in [0.3, 0.4) is 0 Å². The molecule has 0 unspecified atom stereocenters. The van der Waals surface area contributed by atoms with Crippen molar-refractivity contribution in [2.45, 2.75) is 12.8 Å². The first-order chi connectivity index (χ1) is 6.22. The van der Waals surface area contributed by atoms with Gasteiger partial charge in [0.25, 0.3) is 0 Å². The fraction of sp³-hybridized carbons (Fsp3) is 0.333. The van der Waals surface area contributed by atoms with Crippen LogP contribution in [0.15, 0.2) is 6.58 Å². The number of alkyl halides is 1. The molecule has 1 aromatic rings. The largest absolute Gasteiger partial charge is 0.481 e. The van der Waals surface area contributed by atoms with Gasteiger partial charge >= 0.3 is 0 Å². The predicted molar refractivity (Wildman–Crippen MR) is 53.0 cm³/mol. The molecule has 0 N–H and O–H groups in total. The Morgan fingerprint density at radius 1 is 1.54 bits per heavy atom. The van der Waals surface area contributed by atoms with Crippen LogP contribution in [0.25, 0.3) is 6.08 Å². The molecule has 13 heavy (non-hydrogen) atoms. The molecule has 0 radical (unpaired) electrons. The van der Waals surface area contributed by atoms with Gasteiger partial charge < -0.3 is 4.74 Å². The molecule has 0 bridgehead atoms. The third kappa shape index (κ3) is 1.98. The van der Waals surface area contributed by atoms with Gasteiger partial charge in [0.05, 0.1) is 18.6 Å².